The average Bonchev–Trinajstić information content (AvgIpc) is 2.26. The fourth-order valence-corrected chi connectivity index (χ4v) is 1.16. The number of carboxylic acid groups (broad SMARTS) is 1. The topological polar surface area (TPSA) is 63.6 Å². The zero-order valence-electron chi connectivity index (χ0n) is 8.99. The molecule has 0 unspecified atom stereocenters. The molecule has 17 heavy (non-hydrogen) atoms. The van der Waals surface area contributed by atoms with Gasteiger partial charge < -0.3 is 9.84 Å². The highest BCUT2D eigenvalue weighted by Crippen LogP contribution is 2.11. The third-order valence-electron chi connectivity index (χ3n) is 1.89. The Kier molecular flexibility index (Phi) is 4.23. The molecule has 0 aromatic heterocycles. The number of carbonyl (C=O) groups is 2. The van der Waals surface area contributed by atoms with Crippen LogP contribution in [0.25, 0.3) is 0 Å². The van der Waals surface area contributed by atoms with Gasteiger partial charge in [0.2, 0.25) is 0 Å². The Morgan fingerprint density at radius 2 is 2.18 bits per heavy atom. The molecule has 0 spiro atoms. The highest BCUT2D eigenvalue weighted by atomic mass is 19.1. The Morgan fingerprint density at radius 1 is 1.47 bits per heavy atom. The monoisotopic (exact) mass is 236 g/mol. The van der Waals surface area contributed by atoms with Crippen molar-refractivity contribution in [3.63, 3.8) is 0 Å². The normalized spacial score (nSPS) is 9.06. The number of rotatable bonds is 2. The number of ether oxygens (including phenoxy) is 1. The molecule has 1 rings (SSSR count). The maximum Gasteiger partial charge on any atom is 0.384 e. The van der Waals surface area contributed by atoms with E-state index in [9.17, 15) is 14.0 Å². The van der Waals surface area contributed by atoms with Gasteiger partial charge in [-0.15, -0.1) is 0 Å². The Morgan fingerprint density at radius 3 is 2.76 bits per heavy atom. The van der Waals surface area contributed by atoms with Crippen LogP contribution in [-0.2, 0) is 20.7 Å². The first-order valence-electron chi connectivity index (χ1n) is 4.63. The van der Waals surface area contributed by atoms with Crippen molar-refractivity contribution in [1.82, 2.24) is 0 Å². The van der Waals surface area contributed by atoms with Crippen LogP contribution < -0.4 is 0 Å². The van der Waals surface area contributed by atoms with Gasteiger partial charge in [0, 0.05) is 11.5 Å². The standard InChI is InChI=1S/C12H9FO4/c1-17-12(16)5-3-8-2-4-10(13)6-9(8)7-11(14)15/h2,4,6H,7H2,1H3,(H,14,15). The predicted molar refractivity (Wildman–Crippen MR) is 56.6 cm³/mol. The first kappa shape index (κ1) is 12.7. The molecule has 5 heteroatoms. The number of hydrogen-bond donors (Lipinski definition) is 1. The highest BCUT2D eigenvalue weighted by molar-refractivity contribution is 5.89. The molecule has 0 atom stereocenters. The fraction of sp³-hybridized carbons (Fsp3) is 0.167. The number of esters is 1. The van der Waals surface area contributed by atoms with Crippen molar-refractivity contribution in [2.45, 2.75) is 6.42 Å². The molecule has 0 amide bonds. The first-order valence-corrected chi connectivity index (χ1v) is 4.63. The largest absolute Gasteiger partial charge is 0.481 e. The van der Waals surface area contributed by atoms with Crippen LogP contribution >= 0.6 is 0 Å². The van der Waals surface area contributed by atoms with Crippen LogP contribution in [0.5, 0.6) is 0 Å². The summed E-state index contributed by atoms with van der Waals surface area (Å²) in [5, 5.41) is 8.64. The minimum Gasteiger partial charge on any atom is -0.481 e. The summed E-state index contributed by atoms with van der Waals surface area (Å²) in [6.07, 6.45) is -0.358. The summed E-state index contributed by atoms with van der Waals surface area (Å²) in [5.41, 5.74) is 0.508. The molecule has 4 nitrogen and oxygen atoms in total. The zero-order chi connectivity index (χ0) is 12.8. The van der Waals surface area contributed by atoms with Crippen molar-refractivity contribution in [2.24, 2.45) is 0 Å². The average molecular weight is 236 g/mol. The molecule has 0 fully saturated rings. The quantitative estimate of drug-likeness (QED) is 0.614. The molecule has 0 aliphatic heterocycles. The first-order chi connectivity index (χ1) is 8.02. The number of halogens is 1. The maximum absolute atomic E-state index is 12.9. The molecule has 1 aromatic rings. The van der Waals surface area contributed by atoms with Gasteiger partial charge in [0.15, 0.2) is 0 Å². The van der Waals surface area contributed by atoms with Crippen LogP contribution in [-0.4, -0.2) is 24.2 Å². The van der Waals surface area contributed by atoms with E-state index in [1.54, 1.807) is 0 Å². The molecular weight excluding hydrogens is 227 g/mol. The number of hydrogen-bond acceptors (Lipinski definition) is 3. The van der Waals surface area contributed by atoms with Gasteiger partial charge in [0.05, 0.1) is 13.5 Å². The van der Waals surface area contributed by atoms with Crippen molar-refractivity contribution in [3.05, 3.63) is 35.1 Å². The van der Waals surface area contributed by atoms with Gasteiger partial charge >= 0.3 is 11.9 Å². The van der Waals surface area contributed by atoms with E-state index >= 15 is 0 Å². The highest BCUT2D eigenvalue weighted by Gasteiger charge is 2.07. The number of carbonyl (C=O) groups excluding carboxylic acids is 1. The van der Waals surface area contributed by atoms with E-state index in [0.717, 1.165) is 12.1 Å². The summed E-state index contributed by atoms with van der Waals surface area (Å²) in [5.74, 6) is 2.21. The molecule has 0 saturated heterocycles. The van der Waals surface area contributed by atoms with Gasteiger partial charge in [-0.3, -0.25) is 4.79 Å². The third kappa shape index (κ3) is 3.95. The van der Waals surface area contributed by atoms with Crippen LogP contribution in [0.4, 0.5) is 4.39 Å². The van der Waals surface area contributed by atoms with Crippen molar-refractivity contribution >= 4 is 11.9 Å². The summed E-state index contributed by atoms with van der Waals surface area (Å²) in [6.45, 7) is 0. The summed E-state index contributed by atoms with van der Waals surface area (Å²) >= 11 is 0. The summed E-state index contributed by atoms with van der Waals surface area (Å²) in [7, 11) is 1.18. The second-order valence-electron chi connectivity index (χ2n) is 3.11. The molecule has 0 saturated carbocycles. The Hall–Kier alpha value is -2.35. The summed E-state index contributed by atoms with van der Waals surface area (Å²) in [4.78, 5) is 21.4. The lowest BCUT2D eigenvalue weighted by Crippen LogP contribution is -2.03. The SMILES string of the molecule is COC(=O)C#Cc1ccc(F)cc1CC(=O)O. The Labute approximate surface area is 97.0 Å². The predicted octanol–water partition coefficient (Wildman–Crippen LogP) is 0.977. The minimum absolute atomic E-state index is 0.217. The van der Waals surface area contributed by atoms with Crippen molar-refractivity contribution in [1.29, 1.82) is 0 Å². The van der Waals surface area contributed by atoms with E-state index < -0.39 is 17.8 Å². The maximum atomic E-state index is 12.9. The minimum atomic E-state index is -1.10. The van der Waals surface area contributed by atoms with Crippen LogP contribution in [0, 0.1) is 17.7 Å². The van der Waals surface area contributed by atoms with Crippen LogP contribution in [0.15, 0.2) is 18.2 Å². The van der Waals surface area contributed by atoms with Crippen molar-refractivity contribution in [2.75, 3.05) is 7.11 Å². The van der Waals surface area contributed by atoms with Crippen LogP contribution in [0.2, 0.25) is 0 Å². The number of aliphatic carboxylic acids is 1. The van der Waals surface area contributed by atoms with Gasteiger partial charge in [0.1, 0.15) is 5.82 Å². The molecular formula is C12H9FO4. The lowest BCUT2D eigenvalue weighted by atomic mass is 10.0. The Balaban J connectivity index is 3.08. The van der Waals surface area contributed by atoms with Crippen molar-refractivity contribution in [3.8, 4) is 11.8 Å². The number of carboxylic acids is 1. The van der Waals surface area contributed by atoms with Gasteiger partial charge in [0.25, 0.3) is 0 Å². The van der Waals surface area contributed by atoms with E-state index in [1.807, 2.05) is 0 Å². The lowest BCUT2D eigenvalue weighted by Gasteiger charge is -2.01. The second kappa shape index (κ2) is 5.66. The number of benzene rings is 1. The van der Waals surface area contributed by atoms with Crippen LogP contribution in [0.3, 0.4) is 0 Å². The van der Waals surface area contributed by atoms with Crippen LogP contribution in [0.1, 0.15) is 11.1 Å². The molecule has 1 aromatic carbocycles. The van der Waals surface area contributed by atoms with E-state index in [2.05, 4.69) is 16.6 Å². The van der Waals surface area contributed by atoms with E-state index in [1.165, 1.54) is 13.2 Å². The van der Waals surface area contributed by atoms with E-state index in [0.29, 0.717) is 5.56 Å². The van der Waals surface area contributed by atoms with Gasteiger partial charge in [-0.2, -0.15) is 0 Å². The second-order valence-corrected chi connectivity index (χ2v) is 3.11. The molecule has 0 aliphatic carbocycles. The van der Waals surface area contributed by atoms with Gasteiger partial charge in [-0.1, -0.05) is 5.92 Å². The Bertz CT molecular complexity index is 511. The molecule has 0 radical (unpaired) electrons. The molecule has 88 valence electrons. The third-order valence-corrected chi connectivity index (χ3v) is 1.89. The van der Waals surface area contributed by atoms with Crippen molar-refractivity contribution < 1.29 is 23.8 Å². The smallest absolute Gasteiger partial charge is 0.384 e. The zero-order valence-corrected chi connectivity index (χ0v) is 8.99. The van der Waals surface area contributed by atoms with Gasteiger partial charge in [-0.25, -0.2) is 9.18 Å². The summed E-state index contributed by atoms with van der Waals surface area (Å²) < 4.78 is 17.2. The number of methoxy groups -OCH3 is 1. The van der Waals surface area contributed by atoms with E-state index in [4.69, 9.17) is 5.11 Å². The molecule has 0 aliphatic rings. The molecule has 0 bridgehead atoms. The lowest BCUT2D eigenvalue weighted by molar-refractivity contribution is -0.136. The fourth-order valence-electron chi connectivity index (χ4n) is 1.16. The van der Waals surface area contributed by atoms with E-state index in [-0.39, 0.29) is 12.0 Å². The molecule has 0 heterocycles. The summed E-state index contributed by atoms with van der Waals surface area (Å²) in [6, 6.07) is 3.55. The molecule has 1 N–H and O–H groups in total. The van der Waals surface area contributed by atoms with Gasteiger partial charge in [-0.05, 0) is 23.8 Å².